The zero-order valence-electron chi connectivity index (χ0n) is 12.9. The van der Waals surface area contributed by atoms with E-state index < -0.39 is 0 Å². The van der Waals surface area contributed by atoms with E-state index in [1.807, 2.05) is 37.4 Å². The van der Waals surface area contributed by atoms with Crippen molar-refractivity contribution in [2.75, 3.05) is 11.6 Å². The molecule has 0 radical (unpaired) electrons. The first-order valence-electron chi connectivity index (χ1n) is 6.87. The van der Waals surface area contributed by atoms with Crippen LogP contribution in [0, 0.1) is 6.92 Å². The Bertz CT molecular complexity index is 836. The molecule has 8 heteroatoms. The molecule has 0 aliphatic rings. The fourth-order valence-corrected chi connectivity index (χ4v) is 2.44. The first-order chi connectivity index (χ1) is 11.1. The SMILES string of the molecule is CSc1cccc(-c2nnc(NC(=O)c3cc(C)n(C)n3)o2)c1. The fraction of sp³-hybridized carbons (Fsp3) is 0.200. The van der Waals surface area contributed by atoms with Crippen molar-refractivity contribution in [1.82, 2.24) is 20.0 Å². The molecule has 2 heterocycles. The van der Waals surface area contributed by atoms with Gasteiger partial charge >= 0.3 is 6.01 Å². The van der Waals surface area contributed by atoms with Crippen LogP contribution < -0.4 is 5.32 Å². The monoisotopic (exact) mass is 329 g/mol. The van der Waals surface area contributed by atoms with E-state index in [1.54, 1.807) is 29.6 Å². The number of rotatable bonds is 4. The molecule has 1 aromatic carbocycles. The van der Waals surface area contributed by atoms with E-state index in [1.165, 1.54) is 0 Å². The maximum absolute atomic E-state index is 12.1. The van der Waals surface area contributed by atoms with Gasteiger partial charge in [0.1, 0.15) is 0 Å². The van der Waals surface area contributed by atoms with Gasteiger partial charge in [-0.15, -0.1) is 16.9 Å². The number of hydrogen-bond acceptors (Lipinski definition) is 6. The van der Waals surface area contributed by atoms with Crippen molar-refractivity contribution in [3.8, 4) is 11.5 Å². The van der Waals surface area contributed by atoms with Crippen molar-refractivity contribution in [1.29, 1.82) is 0 Å². The van der Waals surface area contributed by atoms with Gasteiger partial charge in [-0.25, -0.2) is 0 Å². The molecule has 3 rings (SSSR count). The summed E-state index contributed by atoms with van der Waals surface area (Å²) in [5, 5.41) is 14.5. The summed E-state index contributed by atoms with van der Waals surface area (Å²) in [4.78, 5) is 13.2. The Morgan fingerprint density at radius 1 is 1.30 bits per heavy atom. The molecule has 0 spiro atoms. The Balaban J connectivity index is 1.77. The number of aryl methyl sites for hydroxylation is 2. The molecule has 0 saturated heterocycles. The Morgan fingerprint density at radius 2 is 2.13 bits per heavy atom. The molecule has 0 saturated carbocycles. The first kappa shape index (κ1) is 15.3. The van der Waals surface area contributed by atoms with Gasteiger partial charge in [0.2, 0.25) is 5.89 Å². The zero-order valence-corrected chi connectivity index (χ0v) is 13.7. The van der Waals surface area contributed by atoms with Crippen LogP contribution in [0.4, 0.5) is 6.01 Å². The highest BCUT2D eigenvalue weighted by atomic mass is 32.2. The Hall–Kier alpha value is -2.61. The number of hydrogen-bond donors (Lipinski definition) is 1. The summed E-state index contributed by atoms with van der Waals surface area (Å²) in [5.74, 6) is -0.0323. The molecular formula is C15H15N5O2S. The highest BCUT2D eigenvalue weighted by molar-refractivity contribution is 7.98. The lowest BCUT2D eigenvalue weighted by Gasteiger charge is -1.98. The van der Waals surface area contributed by atoms with E-state index >= 15 is 0 Å². The van der Waals surface area contributed by atoms with Crippen LogP contribution in [0.3, 0.4) is 0 Å². The molecule has 1 N–H and O–H groups in total. The summed E-state index contributed by atoms with van der Waals surface area (Å²) in [6.45, 7) is 1.87. The zero-order chi connectivity index (χ0) is 16.4. The van der Waals surface area contributed by atoms with Crippen LogP contribution in [-0.4, -0.2) is 32.1 Å². The summed E-state index contributed by atoms with van der Waals surface area (Å²) in [5.41, 5.74) is 1.99. The number of carbonyl (C=O) groups excluding carboxylic acids is 1. The molecular weight excluding hydrogens is 314 g/mol. The molecule has 7 nitrogen and oxygen atoms in total. The molecule has 0 fully saturated rings. The third-order valence-corrected chi connectivity index (χ3v) is 4.03. The van der Waals surface area contributed by atoms with Crippen LogP contribution in [0.15, 0.2) is 39.6 Å². The molecule has 0 atom stereocenters. The average molecular weight is 329 g/mol. The van der Waals surface area contributed by atoms with Gasteiger partial charge in [-0.05, 0) is 37.4 Å². The van der Waals surface area contributed by atoms with Crippen molar-refractivity contribution < 1.29 is 9.21 Å². The number of amides is 1. The van der Waals surface area contributed by atoms with Crippen molar-refractivity contribution in [3.63, 3.8) is 0 Å². The molecule has 3 aromatic rings. The van der Waals surface area contributed by atoms with E-state index in [0.29, 0.717) is 11.6 Å². The maximum atomic E-state index is 12.1. The highest BCUT2D eigenvalue weighted by Crippen LogP contribution is 2.24. The van der Waals surface area contributed by atoms with Gasteiger partial charge in [0, 0.05) is 23.2 Å². The number of nitrogens with zero attached hydrogens (tertiary/aromatic N) is 4. The minimum Gasteiger partial charge on any atom is -0.403 e. The lowest BCUT2D eigenvalue weighted by atomic mass is 10.2. The lowest BCUT2D eigenvalue weighted by Crippen LogP contribution is -2.13. The highest BCUT2D eigenvalue weighted by Gasteiger charge is 2.15. The first-order valence-corrected chi connectivity index (χ1v) is 8.09. The molecule has 2 aromatic heterocycles. The van der Waals surface area contributed by atoms with Gasteiger partial charge in [-0.2, -0.15) is 5.10 Å². The second-order valence-corrected chi connectivity index (χ2v) is 5.77. The van der Waals surface area contributed by atoms with E-state index in [0.717, 1.165) is 16.2 Å². The largest absolute Gasteiger partial charge is 0.403 e. The molecule has 0 bridgehead atoms. The van der Waals surface area contributed by atoms with Crippen LogP contribution in [0.5, 0.6) is 0 Å². The van der Waals surface area contributed by atoms with Crippen LogP contribution in [0.25, 0.3) is 11.5 Å². The molecule has 118 valence electrons. The molecule has 1 amide bonds. The Morgan fingerprint density at radius 3 is 2.83 bits per heavy atom. The smallest absolute Gasteiger partial charge is 0.322 e. The summed E-state index contributed by atoms with van der Waals surface area (Å²) < 4.78 is 7.13. The average Bonchev–Trinajstić information content (AvgIpc) is 3.15. The molecule has 0 aliphatic heterocycles. The number of thioether (sulfide) groups is 1. The lowest BCUT2D eigenvalue weighted by molar-refractivity contribution is 0.101. The Labute approximate surface area is 137 Å². The second kappa shape index (κ2) is 6.25. The fourth-order valence-electron chi connectivity index (χ4n) is 1.98. The maximum Gasteiger partial charge on any atom is 0.322 e. The van der Waals surface area contributed by atoms with Crippen molar-refractivity contribution in [2.45, 2.75) is 11.8 Å². The normalized spacial score (nSPS) is 10.7. The summed E-state index contributed by atoms with van der Waals surface area (Å²) >= 11 is 1.63. The van der Waals surface area contributed by atoms with Crippen LogP contribution in [-0.2, 0) is 7.05 Å². The summed E-state index contributed by atoms with van der Waals surface area (Å²) in [6.07, 6.45) is 1.99. The van der Waals surface area contributed by atoms with E-state index in [9.17, 15) is 4.79 Å². The van der Waals surface area contributed by atoms with Crippen LogP contribution in [0.1, 0.15) is 16.2 Å². The van der Waals surface area contributed by atoms with Crippen molar-refractivity contribution >= 4 is 23.7 Å². The third-order valence-electron chi connectivity index (χ3n) is 3.31. The molecule has 0 aliphatic carbocycles. The number of carbonyl (C=O) groups is 1. The number of aromatic nitrogens is 4. The predicted molar refractivity (Wildman–Crippen MR) is 87.4 cm³/mol. The van der Waals surface area contributed by atoms with Gasteiger partial charge in [0.25, 0.3) is 5.91 Å². The van der Waals surface area contributed by atoms with Crippen molar-refractivity contribution in [2.24, 2.45) is 7.05 Å². The minimum atomic E-state index is -0.387. The number of anilines is 1. The van der Waals surface area contributed by atoms with Gasteiger partial charge < -0.3 is 4.42 Å². The topological polar surface area (TPSA) is 85.8 Å². The minimum absolute atomic E-state index is 0.0443. The van der Waals surface area contributed by atoms with Crippen LogP contribution in [0.2, 0.25) is 0 Å². The van der Waals surface area contributed by atoms with Gasteiger partial charge in [-0.1, -0.05) is 11.2 Å². The summed E-state index contributed by atoms with van der Waals surface area (Å²) in [6, 6.07) is 9.47. The predicted octanol–water partition coefficient (Wildman–Crippen LogP) is 2.75. The second-order valence-electron chi connectivity index (χ2n) is 4.89. The standard InChI is InChI=1S/C15H15N5O2S/c1-9-7-12(19-20(9)2)13(21)16-15-18-17-14(22-15)10-5-4-6-11(8-10)23-3/h4-8H,1-3H3,(H,16,18,21). The van der Waals surface area contributed by atoms with Gasteiger partial charge in [-0.3, -0.25) is 14.8 Å². The molecule has 23 heavy (non-hydrogen) atoms. The van der Waals surface area contributed by atoms with Gasteiger partial charge in [0.15, 0.2) is 5.69 Å². The van der Waals surface area contributed by atoms with Crippen molar-refractivity contribution in [3.05, 3.63) is 41.7 Å². The van der Waals surface area contributed by atoms with E-state index in [-0.39, 0.29) is 11.9 Å². The molecule has 0 unspecified atom stereocenters. The number of benzene rings is 1. The Kier molecular flexibility index (Phi) is 4.16. The van der Waals surface area contributed by atoms with Gasteiger partial charge in [0.05, 0.1) is 0 Å². The van der Waals surface area contributed by atoms with E-state index in [4.69, 9.17) is 4.42 Å². The summed E-state index contributed by atoms with van der Waals surface area (Å²) in [7, 11) is 1.77. The van der Waals surface area contributed by atoms with E-state index in [2.05, 4.69) is 20.6 Å². The van der Waals surface area contributed by atoms with Crippen LogP contribution >= 0.6 is 11.8 Å². The number of nitrogens with one attached hydrogen (secondary N) is 1. The quantitative estimate of drug-likeness (QED) is 0.741. The third kappa shape index (κ3) is 3.26.